The Hall–Kier alpha value is -3.28. The first kappa shape index (κ1) is 21.4. The zero-order valence-corrected chi connectivity index (χ0v) is 17.9. The number of phenolic OH excluding ortho intramolecular Hbond substituents is 1. The maximum Gasteiger partial charge on any atom is 0.257 e. The summed E-state index contributed by atoms with van der Waals surface area (Å²) in [5.74, 6) is 0.138. The molecule has 6 nitrogen and oxygen atoms in total. The summed E-state index contributed by atoms with van der Waals surface area (Å²) in [5.41, 5.74) is 4.98. The lowest BCUT2D eigenvalue weighted by Crippen LogP contribution is -2.36. The molecule has 1 aliphatic heterocycles. The average molecular weight is 408 g/mol. The van der Waals surface area contributed by atoms with E-state index in [-0.39, 0.29) is 29.0 Å². The smallest absolute Gasteiger partial charge is 0.257 e. The molecule has 158 valence electrons. The number of fused-ring (bicyclic) bond motifs is 1. The number of nitrogens with one attached hydrogen (secondary N) is 1. The summed E-state index contributed by atoms with van der Waals surface area (Å²) in [7, 11) is 1.55. The van der Waals surface area contributed by atoms with Crippen molar-refractivity contribution in [3.63, 3.8) is 0 Å². The Balaban J connectivity index is 1.92. The largest absolute Gasteiger partial charge is 0.507 e. The molecule has 0 saturated carbocycles. The Morgan fingerprint density at radius 3 is 2.67 bits per heavy atom. The maximum absolute atomic E-state index is 13.3. The molecule has 0 atom stereocenters. The van der Waals surface area contributed by atoms with E-state index in [2.05, 4.69) is 11.9 Å². The summed E-state index contributed by atoms with van der Waals surface area (Å²) in [6.45, 7) is 10.4. The van der Waals surface area contributed by atoms with E-state index in [1.54, 1.807) is 18.1 Å². The second-order valence-electron chi connectivity index (χ2n) is 7.81. The molecule has 2 aromatic carbocycles. The Bertz CT molecular complexity index is 1010. The molecule has 0 unspecified atom stereocenters. The predicted molar refractivity (Wildman–Crippen MR) is 117 cm³/mol. The number of methoxy groups -OCH3 is 1. The van der Waals surface area contributed by atoms with Gasteiger partial charge in [0.1, 0.15) is 11.5 Å². The van der Waals surface area contributed by atoms with Gasteiger partial charge in [0.25, 0.3) is 5.91 Å². The van der Waals surface area contributed by atoms with Crippen LogP contribution in [0.3, 0.4) is 0 Å². The van der Waals surface area contributed by atoms with Crippen molar-refractivity contribution in [2.24, 2.45) is 0 Å². The second kappa shape index (κ2) is 8.61. The van der Waals surface area contributed by atoms with Crippen LogP contribution in [0, 0.1) is 6.92 Å². The molecule has 2 aromatic rings. The third kappa shape index (κ3) is 4.03. The van der Waals surface area contributed by atoms with Gasteiger partial charge in [-0.05, 0) is 59.7 Å². The number of anilines is 1. The maximum atomic E-state index is 13.3. The number of carbonyl (C=O) groups excluding carboxylic acids is 2. The minimum Gasteiger partial charge on any atom is -0.507 e. The third-order valence-corrected chi connectivity index (χ3v) is 5.63. The fourth-order valence-electron chi connectivity index (χ4n) is 3.84. The zero-order valence-electron chi connectivity index (χ0n) is 17.9. The van der Waals surface area contributed by atoms with Crippen molar-refractivity contribution in [3.8, 4) is 11.5 Å². The number of nitrogens with zero attached hydrogens (tertiary/aromatic N) is 1. The Morgan fingerprint density at radius 1 is 1.30 bits per heavy atom. The topological polar surface area (TPSA) is 78.9 Å². The summed E-state index contributed by atoms with van der Waals surface area (Å²) in [6, 6.07) is 7.11. The van der Waals surface area contributed by atoms with Crippen LogP contribution < -0.4 is 10.1 Å². The normalized spacial score (nSPS) is 13.0. The van der Waals surface area contributed by atoms with Crippen LogP contribution in [0.15, 0.2) is 36.9 Å². The molecule has 1 heterocycles. The van der Waals surface area contributed by atoms with E-state index in [0.29, 0.717) is 30.9 Å². The van der Waals surface area contributed by atoms with Crippen LogP contribution in [0.5, 0.6) is 11.5 Å². The molecule has 0 spiro atoms. The molecular weight excluding hydrogens is 380 g/mol. The Labute approximate surface area is 177 Å². The molecule has 30 heavy (non-hydrogen) atoms. The molecule has 0 aliphatic carbocycles. The average Bonchev–Trinajstić information content (AvgIpc) is 2.74. The third-order valence-electron chi connectivity index (χ3n) is 5.63. The molecule has 0 radical (unpaired) electrons. The number of ether oxygens (including phenoxy) is 1. The molecule has 6 heteroatoms. The predicted octanol–water partition coefficient (Wildman–Crippen LogP) is 4.16. The number of hydrogen-bond acceptors (Lipinski definition) is 4. The van der Waals surface area contributed by atoms with E-state index in [1.807, 2.05) is 32.9 Å². The number of carbonyl (C=O) groups is 2. The van der Waals surface area contributed by atoms with Gasteiger partial charge in [-0.2, -0.15) is 0 Å². The first-order valence-electron chi connectivity index (χ1n) is 10.0. The number of benzene rings is 2. The van der Waals surface area contributed by atoms with Gasteiger partial charge in [0.05, 0.1) is 12.7 Å². The number of rotatable bonds is 5. The van der Waals surface area contributed by atoms with E-state index in [9.17, 15) is 14.7 Å². The van der Waals surface area contributed by atoms with Gasteiger partial charge >= 0.3 is 0 Å². The molecule has 2 N–H and O–H groups in total. The van der Waals surface area contributed by atoms with E-state index in [1.165, 1.54) is 12.1 Å². The van der Waals surface area contributed by atoms with E-state index in [0.717, 1.165) is 22.3 Å². The van der Waals surface area contributed by atoms with Crippen LogP contribution in [-0.4, -0.2) is 35.5 Å². The number of aromatic hydroxyl groups is 1. The molecule has 0 saturated heterocycles. The molecule has 0 bridgehead atoms. The van der Waals surface area contributed by atoms with E-state index >= 15 is 0 Å². The minimum atomic E-state index is -0.272. The monoisotopic (exact) mass is 408 g/mol. The SMILES string of the molecule is C=CC(=O)Nc1ccc2c(c1C)CN(C(=O)c1cc(C(C)C)c(OC)cc1O)CC2. The Morgan fingerprint density at radius 2 is 2.03 bits per heavy atom. The number of amides is 2. The summed E-state index contributed by atoms with van der Waals surface area (Å²) >= 11 is 0. The van der Waals surface area contributed by atoms with Crippen molar-refractivity contribution < 1.29 is 19.4 Å². The van der Waals surface area contributed by atoms with Crippen LogP contribution in [0.4, 0.5) is 5.69 Å². The van der Waals surface area contributed by atoms with Crippen molar-refractivity contribution in [3.05, 3.63) is 64.7 Å². The zero-order chi connectivity index (χ0) is 22.0. The summed E-state index contributed by atoms with van der Waals surface area (Å²) in [4.78, 5) is 26.7. The van der Waals surface area contributed by atoms with Crippen molar-refractivity contribution in [2.45, 2.75) is 39.7 Å². The number of hydrogen-bond donors (Lipinski definition) is 2. The molecule has 0 aromatic heterocycles. The lowest BCUT2D eigenvalue weighted by atomic mass is 9.93. The van der Waals surface area contributed by atoms with Crippen molar-refractivity contribution in [1.29, 1.82) is 0 Å². The van der Waals surface area contributed by atoms with Crippen molar-refractivity contribution in [2.75, 3.05) is 19.0 Å². The van der Waals surface area contributed by atoms with Crippen LogP contribution >= 0.6 is 0 Å². The fourth-order valence-corrected chi connectivity index (χ4v) is 3.84. The first-order valence-corrected chi connectivity index (χ1v) is 10.0. The summed E-state index contributed by atoms with van der Waals surface area (Å²) in [6.07, 6.45) is 1.94. The Kier molecular flexibility index (Phi) is 6.15. The van der Waals surface area contributed by atoms with Gasteiger partial charge < -0.3 is 20.1 Å². The van der Waals surface area contributed by atoms with Gasteiger partial charge in [-0.3, -0.25) is 9.59 Å². The molecule has 3 rings (SSSR count). The van der Waals surface area contributed by atoms with Crippen molar-refractivity contribution in [1.82, 2.24) is 4.90 Å². The van der Waals surface area contributed by atoms with Gasteiger partial charge in [-0.25, -0.2) is 0 Å². The van der Waals surface area contributed by atoms with Gasteiger partial charge in [0, 0.05) is 24.8 Å². The highest BCUT2D eigenvalue weighted by Crippen LogP contribution is 2.35. The molecule has 0 fully saturated rings. The number of phenols is 1. The highest BCUT2D eigenvalue weighted by molar-refractivity contribution is 6.00. The van der Waals surface area contributed by atoms with Gasteiger partial charge in [-0.1, -0.05) is 26.5 Å². The van der Waals surface area contributed by atoms with Crippen LogP contribution in [0.25, 0.3) is 0 Å². The quantitative estimate of drug-likeness (QED) is 0.729. The lowest BCUT2D eigenvalue weighted by molar-refractivity contribution is -0.111. The second-order valence-corrected chi connectivity index (χ2v) is 7.81. The first-order chi connectivity index (χ1) is 14.3. The van der Waals surface area contributed by atoms with Gasteiger partial charge in [0.15, 0.2) is 0 Å². The lowest BCUT2D eigenvalue weighted by Gasteiger charge is -2.31. The highest BCUT2D eigenvalue weighted by Gasteiger charge is 2.27. The van der Waals surface area contributed by atoms with Gasteiger partial charge in [-0.15, -0.1) is 0 Å². The van der Waals surface area contributed by atoms with Crippen LogP contribution in [-0.2, 0) is 17.8 Å². The van der Waals surface area contributed by atoms with E-state index in [4.69, 9.17) is 4.74 Å². The molecule has 1 aliphatic rings. The highest BCUT2D eigenvalue weighted by atomic mass is 16.5. The summed E-state index contributed by atoms with van der Waals surface area (Å²) < 4.78 is 5.36. The fraction of sp³-hybridized carbons (Fsp3) is 0.333. The van der Waals surface area contributed by atoms with Crippen molar-refractivity contribution >= 4 is 17.5 Å². The molecule has 2 amide bonds. The summed E-state index contributed by atoms with van der Waals surface area (Å²) in [5, 5.41) is 13.3. The van der Waals surface area contributed by atoms with Crippen LogP contribution in [0.2, 0.25) is 0 Å². The minimum absolute atomic E-state index is 0.0873. The van der Waals surface area contributed by atoms with Gasteiger partial charge in [0.2, 0.25) is 5.91 Å². The van der Waals surface area contributed by atoms with Crippen LogP contribution in [0.1, 0.15) is 52.4 Å². The van der Waals surface area contributed by atoms with E-state index < -0.39 is 0 Å². The molecular formula is C24H28N2O4. The standard InChI is InChI=1S/C24H28N2O4/c1-6-23(28)25-20-8-7-16-9-10-26(13-19(16)15(20)4)24(29)18-11-17(14(2)3)22(30-5)12-21(18)27/h6-8,11-12,14,27H,1,9-10,13H2,2-5H3,(H,25,28).